The van der Waals surface area contributed by atoms with E-state index in [4.69, 9.17) is 16.3 Å². The molecule has 2 aromatic rings. The standard InChI is InChI=1S/C23H25ClN2O4/c1-16(23(29)26-15-5-7-17-6-2-3-8-20(17)26)30-21(27)9-4-14-25-22(28)18-10-12-19(24)13-11-18/h2-3,6,8,10-13,16H,4-5,7,9,14-15H2,1H3,(H,25,28). The molecule has 1 heterocycles. The Bertz CT molecular complexity index is 914. The maximum absolute atomic E-state index is 12.8. The Labute approximate surface area is 181 Å². The van der Waals surface area contributed by atoms with Gasteiger partial charge in [0.15, 0.2) is 6.10 Å². The summed E-state index contributed by atoms with van der Waals surface area (Å²) >= 11 is 5.81. The lowest BCUT2D eigenvalue weighted by Gasteiger charge is -2.31. The van der Waals surface area contributed by atoms with Crippen molar-refractivity contribution in [3.05, 3.63) is 64.7 Å². The molecular weight excluding hydrogens is 404 g/mol. The largest absolute Gasteiger partial charge is 0.453 e. The van der Waals surface area contributed by atoms with Crippen molar-refractivity contribution in [2.75, 3.05) is 18.0 Å². The molecule has 0 spiro atoms. The molecule has 2 aromatic carbocycles. The first-order chi connectivity index (χ1) is 14.5. The van der Waals surface area contributed by atoms with Crippen LogP contribution in [0.4, 0.5) is 5.69 Å². The number of rotatable bonds is 7. The van der Waals surface area contributed by atoms with Gasteiger partial charge in [-0.2, -0.15) is 0 Å². The van der Waals surface area contributed by atoms with Crippen molar-refractivity contribution >= 4 is 35.1 Å². The maximum atomic E-state index is 12.8. The number of carbonyl (C=O) groups excluding carboxylic acids is 3. The molecule has 3 rings (SSSR count). The molecular formula is C23H25ClN2O4. The zero-order valence-corrected chi connectivity index (χ0v) is 17.7. The number of hydrogen-bond donors (Lipinski definition) is 1. The third-order valence-electron chi connectivity index (χ3n) is 4.98. The zero-order chi connectivity index (χ0) is 21.5. The van der Waals surface area contributed by atoms with Gasteiger partial charge in [0, 0.05) is 35.8 Å². The molecule has 0 radical (unpaired) electrons. The average Bonchev–Trinajstić information content (AvgIpc) is 2.76. The van der Waals surface area contributed by atoms with Gasteiger partial charge < -0.3 is 15.0 Å². The Morgan fingerprint density at radius 3 is 2.63 bits per heavy atom. The number of carbonyl (C=O) groups is 3. The molecule has 1 aliphatic heterocycles. The maximum Gasteiger partial charge on any atom is 0.306 e. The number of esters is 1. The molecule has 0 saturated heterocycles. The predicted octanol–water partition coefficient (Wildman–Crippen LogP) is 3.76. The smallest absolute Gasteiger partial charge is 0.306 e. The summed E-state index contributed by atoms with van der Waals surface area (Å²) in [7, 11) is 0. The van der Waals surface area contributed by atoms with Gasteiger partial charge in [0.1, 0.15) is 0 Å². The van der Waals surface area contributed by atoms with Gasteiger partial charge in [-0.05, 0) is 62.1 Å². The molecule has 1 N–H and O–H groups in total. The molecule has 158 valence electrons. The van der Waals surface area contributed by atoms with Crippen LogP contribution in [-0.2, 0) is 20.7 Å². The third-order valence-corrected chi connectivity index (χ3v) is 5.23. The van der Waals surface area contributed by atoms with Crippen molar-refractivity contribution in [3.8, 4) is 0 Å². The molecule has 0 aliphatic carbocycles. The van der Waals surface area contributed by atoms with E-state index in [0.29, 0.717) is 30.1 Å². The molecule has 6 nitrogen and oxygen atoms in total. The van der Waals surface area contributed by atoms with Gasteiger partial charge in [-0.25, -0.2) is 0 Å². The second kappa shape index (κ2) is 10.3. The van der Waals surface area contributed by atoms with Crippen molar-refractivity contribution in [3.63, 3.8) is 0 Å². The second-order valence-electron chi connectivity index (χ2n) is 7.22. The van der Waals surface area contributed by atoms with Gasteiger partial charge in [0.2, 0.25) is 0 Å². The van der Waals surface area contributed by atoms with E-state index >= 15 is 0 Å². The lowest BCUT2D eigenvalue weighted by Crippen LogP contribution is -2.42. The van der Waals surface area contributed by atoms with Gasteiger partial charge in [-0.15, -0.1) is 0 Å². The molecule has 0 bridgehead atoms. The first-order valence-electron chi connectivity index (χ1n) is 10.1. The highest BCUT2D eigenvalue weighted by molar-refractivity contribution is 6.30. The van der Waals surface area contributed by atoms with E-state index < -0.39 is 12.1 Å². The summed E-state index contributed by atoms with van der Waals surface area (Å²) in [6.07, 6.45) is 1.51. The summed E-state index contributed by atoms with van der Waals surface area (Å²) in [5, 5.41) is 3.31. The molecule has 0 fully saturated rings. The van der Waals surface area contributed by atoms with Crippen LogP contribution < -0.4 is 10.2 Å². The Morgan fingerprint density at radius 1 is 1.13 bits per heavy atom. The zero-order valence-electron chi connectivity index (χ0n) is 16.9. The van der Waals surface area contributed by atoms with Crippen LogP contribution in [-0.4, -0.2) is 37.0 Å². The minimum absolute atomic E-state index is 0.120. The van der Waals surface area contributed by atoms with Crippen molar-refractivity contribution in [1.82, 2.24) is 5.32 Å². The van der Waals surface area contributed by atoms with Crippen molar-refractivity contribution < 1.29 is 19.1 Å². The number of nitrogens with zero attached hydrogens (tertiary/aromatic N) is 1. The number of anilines is 1. The summed E-state index contributed by atoms with van der Waals surface area (Å²) in [4.78, 5) is 38.6. The third kappa shape index (κ3) is 5.60. The van der Waals surface area contributed by atoms with Crippen molar-refractivity contribution in [1.29, 1.82) is 0 Å². The first kappa shape index (κ1) is 21.8. The summed E-state index contributed by atoms with van der Waals surface area (Å²) in [5.41, 5.74) is 2.52. The Kier molecular flexibility index (Phi) is 7.46. The number of aryl methyl sites for hydroxylation is 1. The van der Waals surface area contributed by atoms with E-state index in [-0.39, 0.29) is 18.2 Å². The minimum atomic E-state index is -0.854. The quantitative estimate of drug-likeness (QED) is 0.538. The average molecular weight is 429 g/mol. The number of hydrogen-bond acceptors (Lipinski definition) is 4. The predicted molar refractivity (Wildman–Crippen MR) is 116 cm³/mol. The van der Waals surface area contributed by atoms with Gasteiger partial charge in [-0.1, -0.05) is 29.8 Å². The fourth-order valence-electron chi connectivity index (χ4n) is 3.43. The van der Waals surface area contributed by atoms with E-state index in [1.165, 1.54) is 0 Å². The second-order valence-corrected chi connectivity index (χ2v) is 7.66. The SMILES string of the molecule is CC(OC(=O)CCCNC(=O)c1ccc(Cl)cc1)C(=O)N1CCCc2ccccc21. The molecule has 30 heavy (non-hydrogen) atoms. The van der Waals surface area contributed by atoms with Crippen LogP contribution in [0.2, 0.25) is 5.02 Å². The van der Waals surface area contributed by atoms with Crippen LogP contribution in [0.15, 0.2) is 48.5 Å². The van der Waals surface area contributed by atoms with Crippen molar-refractivity contribution in [2.45, 2.75) is 38.7 Å². The van der Waals surface area contributed by atoms with Gasteiger partial charge in [0.25, 0.3) is 11.8 Å². The normalized spacial score (nSPS) is 13.9. The molecule has 2 amide bonds. The van der Waals surface area contributed by atoms with Gasteiger partial charge >= 0.3 is 5.97 Å². The lowest BCUT2D eigenvalue weighted by atomic mass is 10.0. The number of para-hydroxylation sites is 1. The molecule has 1 aliphatic rings. The number of amides is 2. The van der Waals surface area contributed by atoms with Crippen LogP contribution in [0.1, 0.15) is 42.1 Å². The number of benzene rings is 2. The number of fused-ring (bicyclic) bond motifs is 1. The Hall–Kier alpha value is -2.86. The van der Waals surface area contributed by atoms with Crippen LogP contribution in [0.25, 0.3) is 0 Å². The highest BCUT2D eigenvalue weighted by Gasteiger charge is 2.28. The van der Waals surface area contributed by atoms with Crippen molar-refractivity contribution in [2.24, 2.45) is 0 Å². The van der Waals surface area contributed by atoms with E-state index in [2.05, 4.69) is 5.32 Å². The Balaban J connectivity index is 1.42. The van der Waals surface area contributed by atoms with Crippen LogP contribution in [0.3, 0.4) is 0 Å². The summed E-state index contributed by atoms with van der Waals surface area (Å²) in [6.45, 7) is 2.55. The summed E-state index contributed by atoms with van der Waals surface area (Å²) in [5.74, 6) is -0.902. The highest BCUT2D eigenvalue weighted by Crippen LogP contribution is 2.27. The summed E-state index contributed by atoms with van der Waals surface area (Å²) in [6, 6.07) is 14.4. The number of halogens is 1. The number of ether oxygens (including phenoxy) is 1. The highest BCUT2D eigenvalue weighted by atomic mass is 35.5. The lowest BCUT2D eigenvalue weighted by molar-refractivity contribution is -0.154. The molecule has 7 heteroatoms. The van der Waals surface area contributed by atoms with Gasteiger partial charge in [-0.3, -0.25) is 14.4 Å². The topological polar surface area (TPSA) is 75.7 Å². The van der Waals surface area contributed by atoms with Gasteiger partial charge in [0.05, 0.1) is 0 Å². The molecule has 0 aromatic heterocycles. The first-order valence-corrected chi connectivity index (χ1v) is 10.5. The molecule has 1 atom stereocenters. The fraction of sp³-hybridized carbons (Fsp3) is 0.348. The molecule has 0 saturated carbocycles. The monoisotopic (exact) mass is 428 g/mol. The van der Waals surface area contributed by atoms with E-state index in [1.807, 2.05) is 24.3 Å². The molecule has 1 unspecified atom stereocenters. The van der Waals surface area contributed by atoms with Crippen LogP contribution in [0, 0.1) is 0 Å². The van der Waals surface area contributed by atoms with E-state index in [0.717, 1.165) is 24.1 Å². The van der Waals surface area contributed by atoms with Crippen LogP contribution in [0.5, 0.6) is 0 Å². The van der Waals surface area contributed by atoms with E-state index in [9.17, 15) is 14.4 Å². The van der Waals surface area contributed by atoms with E-state index in [1.54, 1.807) is 36.1 Å². The summed E-state index contributed by atoms with van der Waals surface area (Å²) < 4.78 is 5.33. The van der Waals surface area contributed by atoms with Crippen LogP contribution >= 0.6 is 11.6 Å². The minimum Gasteiger partial charge on any atom is -0.453 e. The Morgan fingerprint density at radius 2 is 1.87 bits per heavy atom. The fourth-order valence-corrected chi connectivity index (χ4v) is 3.55. The number of nitrogens with one attached hydrogen (secondary N) is 1.